The van der Waals surface area contributed by atoms with Gasteiger partial charge in [0, 0.05) is 26.2 Å². The normalized spacial score (nSPS) is 19.3. The molecule has 0 aromatic heterocycles. The molecule has 1 aliphatic rings. The van der Waals surface area contributed by atoms with Crippen molar-refractivity contribution in [3.05, 3.63) is 35.4 Å². The van der Waals surface area contributed by atoms with Crippen molar-refractivity contribution >= 4 is 5.96 Å². The van der Waals surface area contributed by atoms with Crippen molar-refractivity contribution in [2.45, 2.75) is 52.1 Å². The summed E-state index contributed by atoms with van der Waals surface area (Å²) in [5, 5.41) is 13.0. The quantitative estimate of drug-likeness (QED) is 0.663. The molecule has 2 rings (SSSR count). The third-order valence-corrected chi connectivity index (χ3v) is 4.28. The zero-order valence-electron chi connectivity index (χ0n) is 15.0. The molecule has 128 valence electrons. The van der Waals surface area contributed by atoms with Crippen LogP contribution in [0.3, 0.4) is 0 Å². The van der Waals surface area contributed by atoms with Crippen molar-refractivity contribution < 1.29 is 5.11 Å². The van der Waals surface area contributed by atoms with Gasteiger partial charge in [0.2, 0.25) is 0 Å². The number of aliphatic imine (C=N–C) groups is 1. The van der Waals surface area contributed by atoms with Crippen LogP contribution in [0.15, 0.2) is 29.3 Å². The minimum atomic E-state index is -0.219. The van der Waals surface area contributed by atoms with Crippen LogP contribution in [-0.4, -0.2) is 48.2 Å². The number of benzene rings is 1. The molecular weight excluding hydrogens is 286 g/mol. The molecule has 2 N–H and O–H groups in total. The van der Waals surface area contributed by atoms with Gasteiger partial charge in [-0.15, -0.1) is 0 Å². The summed E-state index contributed by atoms with van der Waals surface area (Å²) in [6, 6.07) is 8.87. The van der Waals surface area contributed by atoms with E-state index in [0.717, 1.165) is 38.4 Å². The maximum absolute atomic E-state index is 9.69. The molecule has 4 nitrogen and oxygen atoms in total. The smallest absolute Gasteiger partial charge is 0.194 e. The lowest BCUT2D eigenvalue weighted by Gasteiger charge is -2.21. The molecule has 1 saturated heterocycles. The SMILES string of the molecule is CCNC(=NCCc1ccc(C(C)(C)C)cc1)N1CC[C@@H](O)C1. The molecule has 0 unspecified atom stereocenters. The van der Waals surface area contributed by atoms with E-state index in [0.29, 0.717) is 6.54 Å². The molecular formula is C19H31N3O. The van der Waals surface area contributed by atoms with Gasteiger partial charge in [-0.05, 0) is 36.3 Å². The Kier molecular flexibility index (Phi) is 6.05. The van der Waals surface area contributed by atoms with Crippen LogP contribution < -0.4 is 5.32 Å². The van der Waals surface area contributed by atoms with Crippen LogP contribution >= 0.6 is 0 Å². The van der Waals surface area contributed by atoms with E-state index in [4.69, 9.17) is 4.99 Å². The van der Waals surface area contributed by atoms with Gasteiger partial charge >= 0.3 is 0 Å². The molecule has 4 heteroatoms. The number of aliphatic hydroxyl groups is 1. The average Bonchev–Trinajstić information content (AvgIpc) is 2.92. The number of β-amino-alcohol motifs (C(OH)–C–C–N with tert-alkyl or cyclic N) is 1. The van der Waals surface area contributed by atoms with Gasteiger partial charge in [-0.2, -0.15) is 0 Å². The molecule has 0 aliphatic carbocycles. The molecule has 1 aliphatic heterocycles. The third-order valence-electron chi connectivity index (χ3n) is 4.28. The molecule has 1 aromatic rings. The maximum atomic E-state index is 9.69. The Labute approximate surface area is 140 Å². The summed E-state index contributed by atoms with van der Waals surface area (Å²) < 4.78 is 0. The summed E-state index contributed by atoms with van der Waals surface area (Å²) in [5.74, 6) is 0.926. The minimum absolute atomic E-state index is 0.200. The molecule has 23 heavy (non-hydrogen) atoms. The molecule has 0 bridgehead atoms. The van der Waals surface area contributed by atoms with Crippen LogP contribution in [0.2, 0.25) is 0 Å². The minimum Gasteiger partial charge on any atom is -0.391 e. The first-order valence-corrected chi connectivity index (χ1v) is 8.71. The van der Waals surface area contributed by atoms with Gasteiger partial charge in [0.25, 0.3) is 0 Å². The first-order valence-electron chi connectivity index (χ1n) is 8.71. The van der Waals surface area contributed by atoms with Crippen molar-refractivity contribution in [3.8, 4) is 0 Å². The number of hydrogen-bond donors (Lipinski definition) is 2. The van der Waals surface area contributed by atoms with Crippen molar-refractivity contribution in [1.82, 2.24) is 10.2 Å². The summed E-state index contributed by atoms with van der Waals surface area (Å²) in [6.45, 7) is 12.0. The lowest BCUT2D eigenvalue weighted by Crippen LogP contribution is -2.40. The number of nitrogens with zero attached hydrogens (tertiary/aromatic N) is 2. The van der Waals surface area contributed by atoms with Crippen molar-refractivity contribution in [2.24, 2.45) is 4.99 Å². The number of nitrogens with one attached hydrogen (secondary N) is 1. The average molecular weight is 317 g/mol. The first kappa shape index (κ1) is 17.8. The van der Waals surface area contributed by atoms with E-state index in [-0.39, 0.29) is 11.5 Å². The highest BCUT2D eigenvalue weighted by molar-refractivity contribution is 5.80. The van der Waals surface area contributed by atoms with E-state index in [1.807, 2.05) is 0 Å². The summed E-state index contributed by atoms with van der Waals surface area (Å²) >= 11 is 0. The van der Waals surface area contributed by atoms with Crippen LogP contribution in [-0.2, 0) is 11.8 Å². The second kappa shape index (κ2) is 7.82. The summed E-state index contributed by atoms with van der Waals surface area (Å²) in [4.78, 5) is 6.87. The van der Waals surface area contributed by atoms with Crippen molar-refractivity contribution in [2.75, 3.05) is 26.2 Å². The Morgan fingerprint density at radius 1 is 1.30 bits per heavy atom. The number of rotatable bonds is 4. The topological polar surface area (TPSA) is 47.9 Å². The Hall–Kier alpha value is -1.55. The number of hydrogen-bond acceptors (Lipinski definition) is 2. The maximum Gasteiger partial charge on any atom is 0.194 e. The molecule has 1 aromatic carbocycles. The lowest BCUT2D eigenvalue weighted by molar-refractivity contribution is 0.188. The highest BCUT2D eigenvalue weighted by Gasteiger charge is 2.22. The van der Waals surface area contributed by atoms with Crippen LogP contribution in [0.5, 0.6) is 0 Å². The highest BCUT2D eigenvalue weighted by atomic mass is 16.3. The number of aliphatic hydroxyl groups excluding tert-OH is 1. The van der Waals surface area contributed by atoms with Crippen LogP contribution in [0.4, 0.5) is 0 Å². The summed E-state index contributed by atoms with van der Waals surface area (Å²) in [7, 11) is 0. The van der Waals surface area contributed by atoms with Crippen LogP contribution in [0.1, 0.15) is 45.2 Å². The van der Waals surface area contributed by atoms with Gasteiger partial charge in [-0.25, -0.2) is 0 Å². The van der Waals surface area contributed by atoms with E-state index >= 15 is 0 Å². The molecule has 0 amide bonds. The zero-order valence-corrected chi connectivity index (χ0v) is 15.0. The van der Waals surface area contributed by atoms with Crippen molar-refractivity contribution in [1.29, 1.82) is 0 Å². The second-order valence-corrected chi connectivity index (χ2v) is 7.32. The molecule has 1 heterocycles. The van der Waals surface area contributed by atoms with Gasteiger partial charge in [-0.1, -0.05) is 45.0 Å². The Morgan fingerprint density at radius 3 is 2.52 bits per heavy atom. The predicted molar refractivity (Wildman–Crippen MR) is 97.0 cm³/mol. The van der Waals surface area contributed by atoms with E-state index < -0.39 is 0 Å². The second-order valence-electron chi connectivity index (χ2n) is 7.32. The number of likely N-dealkylation sites (tertiary alicyclic amines) is 1. The fourth-order valence-electron chi connectivity index (χ4n) is 2.82. The van der Waals surface area contributed by atoms with E-state index in [2.05, 4.69) is 62.2 Å². The zero-order chi connectivity index (χ0) is 16.9. The summed E-state index contributed by atoms with van der Waals surface area (Å²) in [6.07, 6.45) is 1.55. The Bertz CT molecular complexity index is 516. The molecule has 0 spiro atoms. The first-order chi connectivity index (χ1) is 10.9. The third kappa shape index (κ3) is 5.24. The van der Waals surface area contributed by atoms with Gasteiger partial charge in [0.1, 0.15) is 0 Å². The van der Waals surface area contributed by atoms with Crippen molar-refractivity contribution in [3.63, 3.8) is 0 Å². The molecule has 0 radical (unpaired) electrons. The Morgan fingerprint density at radius 2 is 2.00 bits per heavy atom. The summed E-state index contributed by atoms with van der Waals surface area (Å²) in [5.41, 5.74) is 2.88. The van der Waals surface area contributed by atoms with E-state index in [9.17, 15) is 5.11 Å². The largest absolute Gasteiger partial charge is 0.391 e. The van der Waals surface area contributed by atoms with Gasteiger partial charge in [0.15, 0.2) is 5.96 Å². The van der Waals surface area contributed by atoms with Gasteiger partial charge < -0.3 is 15.3 Å². The predicted octanol–water partition coefficient (Wildman–Crippen LogP) is 2.56. The fraction of sp³-hybridized carbons (Fsp3) is 0.632. The monoisotopic (exact) mass is 317 g/mol. The molecule has 0 saturated carbocycles. The molecule has 1 atom stereocenters. The van der Waals surface area contributed by atoms with Gasteiger partial charge in [0.05, 0.1) is 6.10 Å². The fourth-order valence-corrected chi connectivity index (χ4v) is 2.82. The van der Waals surface area contributed by atoms with E-state index in [1.165, 1.54) is 11.1 Å². The lowest BCUT2D eigenvalue weighted by atomic mass is 9.86. The van der Waals surface area contributed by atoms with Crippen LogP contribution in [0.25, 0.3) is 0 Å². The standard InChI is InChI=1S/C19H31N3O/c1-5-20-18(22-13-11-17(23)14-22)21-12-10-15-6-8-16(9-7-15)19(2,3)4/h6-9,17,23H,5,10-14H2,1-4H3,(H,20,21)/t17-/m1/s1. The highest BCUT2D eigenvalue weighted by Crippen LogP contribution is 2.22. The number of guanidine groups is 1. The van der Waals surface area contributed by atoms with E-state index in [1.54, 1.807) is 0 Å². The van der Waals surface area contributed by atoms with Gasteiger partial charge in [-0.3, -0.25) is 4.99 Å². The van der Waals surface area contributed by atoms with Crippen LogP contribution in [0, 0.1) is 0 Å². The molecule has 1 fully saturated rings. The Balaban J connectivity index is 1.92.